The zero-order valence-electron chi connectivity index (χ0n) is 22.2. The molecule has 1 fully saturated rings. The zero-order chi connectivity index (χ0) is 27.4. The summed E-state index contributed by atoms with van der Waals surface area (Å²) < 4.78 is 59.8. The number of alkyl halides is 4. The Morgan fingerprint density at radius 3 is 2.38 bits per heavy atom. The van der Waals surface area contributed by atoms with Crippen LogP contribution < -0.4 is 4.74 Å². The number of rotatable bonds is 8. The van der Waals surface area contributed by atoms with Gasteiger partial charge in [-0.3, -0.25) is 9.29 Å². The van der Waals surface area contributed by atoms with Crippen LogP contribution in [0.1, 0.15) is 59.6 Å². The van der Waals surface area contributed by atoms with E-state index in [-0.39, 0.29) is 19.0 Å². The van der Waals surface area contributed by atoms with Gasteiger partial charge in [-0.1, -0.05) is 60.7 Å². The summed E-state index contributed by atoms with van der Waals surface area (Å²) >= 11 is 0. The van der Waals surface area contributed by atoms with Crippen molar-refractivity contribution in [3.8, 4) is 5.75 Å². The van der Waals surface area contributed by atoms with Crippen LogP contribution in [-0.2, 0) is 12.6 Å². The predicted molar refractivity (Wildman–Crippen MR) is 149 cm³/mol. The molecule has 0 spiro atoms. The molecule has 0 amide bonds. The van der Waals surface area contributed by atoms with Crippen molar-refractivity contribution in [2.45, 2.75) is 38.8 Å². The lowest BCUT2D eigenvalue weighted by Gasteiger charge is -2.33. The molecule has 5 rings (SSSR count). The van der Waals surface area contributed by atoms with Crippen LogP contribution in [0, 0.1) is 0 Å². The molecule has 6 heteroatoms. The van der Waals surface area contributed by atoms with Crippen molar-refractivity contribution in [2.24, 2.45) is 0 Å². The van der Waals surface area contributed by atoms with Gasteiger partial charge in [-0.25, -0.2) is 0 Å². The summed E-state index contributed by atoms with van der Waals surface area (Å²) in [5, 5.41) is 0. The minimum absolute atomic E-state index is 0.137. The van der Waals surface area contributed by atoms with E-state index in [0.717, 1.165) is 60.3 Å². The van der Waals surface area contributed by atoms with E-state index in [0.29, 0.717) is 18.4 Å². The van der Waals surface area contributed by atoms with Crippen LogP contribution in [-0.4, -0.2) is 37.8 Å². The SMILES string of the molecule is CCOc1ccc(C2=C(c3ccc(C=C4CN(CCCF)C4)cc3)c3ccccc3CCC2)cc1C(F)(F)F. The van der Waals surface area contributed by atoms with E-state index >= 15 is 0 Å². The average Bonchev–Trinajstić information content (AvgIpc) is 3.10. The van der Waals surface area contributed by atoms with E-state index in [9.17, 15) is 17.6 Å². The molecule has 1 aliphatic heterocycles. The predicted octanol–water partition coefficient (Wildman–Crippen LogP) is 8.46. The molecule has 1 aliphatic carbocycles. The molecule has 0 unspecified atom stereocenters. The lowest BCUT2D eigenvalue weighted by molar-refractivity contribution is -0.138. The average molecular weight is 536 g/mol. The minimum atomic E-state index is -4.51. The van der Waals surface area contributed by atoms with Gasteiger partial charge in [0.1, 0.15) is 5.75 Å². The quantitative estimate of drug-likeness (QED) is 0.268. The number of allylic oxidation sites excluding steroid dienone is 1. The fourth-order valence-corrected chi connectivity index (χ4v) is 5.61. The van der Waals surface area contributed by atoms with Crippen LogP contribution in [0.15, 0.2) is 72.3 Å². The van der Waals surface area contributed by atoms with E-state index in [2.05, 4.69) is 47.4 Å². The van der Waals surface area contributed by atoms with Crippen molar-refractivity contribution >= 4 is 17.2 Å². The molecule has 0 radical (unpaired) electrons. The van der Waals surface area contributed by atoms with E-state index in [1.807, 2.05) is 12.1 Å². The molecule has 39 heavy (non-hydrogen) atoms. The van der Waals surface area contributed by atoms with Gasteiger partial charge < -0.3 is 4.74 Å². The maximum absolute atomic E-state index is 14.0. The zero-order valence-corrected chi connectivity index (χ0v) is 22.2. The number of likely N-dealkylation sites (tertiary alicyclic amines) is 1. The van der Waals surface area contributed by atoms with E-state index in [1.165, 1.54) is 23.3 Å². The van der Waals surface area contributed by atoms with Crippen molar-refractivity contribution in [3.05, 3.63) is 106 Å². The maximum Gasteiger partial charge on any atom is 0.419 e. The molecule has 2 nitrogen and oxygen atoms in total. The topological polar surface area (TPSA) is 12.5 Å². The smallest absolute Gasteiger partial charge is 0.419 e. The number of halogens is 4. The summed E-state index contributed by atoms with van der Waals surface area (Å²) in [6.45, 7) is 4.08. The Bertz CT molecular complexity index is 1360. The molecule has 204 valence electrons. The number of hydrogen-bond acceptors (Lipinski definition) is 2. The van der Waals surface area contributed by atoms with E-state index in [4.69, 9.17) is 4.74 Å². The highest BCUT2D eigenvalue weighted by Crippen LogP contribution is 2.43. The monoisotopic (exact) mass is 535 g/mol. The van der Waals surface area contributed by atoms with Gasteiger partial charge in [-0.05, 0) is 89.3 Å². The number of nitrogens with zero attached hydrogens (tertiary/aromatic N) is 1. The summed E-state index contributed by atoms with van der Waals surface area (Å²) in [4.78, 5) is 2.23. The van der Waals surface area contributed by atoms with Gasteiger partial charge in [-0.2, -0.15) is 13.2 Å². The first-order chi connectivity index (χ1) is 18.9. The first-order valence-corrected chi connectivity index (χ1v) is 13.6. The third-order valence-corrected chi connectivity index (χ3v) is 7.43. The molecule has 0 N–H and O–H groups in total. The molecule has 2 aliphatic rings. The minimum Gasteiger partial charge on any atom is -0.493 e. The first kappa shape index (κ1) is 27.2. The highest BCUT2D eigenvalue weighted by molar-refractivity contribution is 6.00. The highest BCUT2D eigenvalue weighted by atomic mass is 19.4. The fourth-order valence-electron chi connectivity index (χ4n) is 5.61. The second-order valence-corrected chi connectivity index (χ2v) is 10.2. The maximum atomic E-state index is 14.0. The van der Waals surface area contributed by atoms with E-state index < -0.39 is 11.7 Å². The summed E-state index contributed by atoms with van der Waals surface area (Å²) in [5.41, 5.74) is 7.41. The van der Waals surface area contributed by atoms with Crippen molar-refractivity contribution in [1.82, 2.24) is 4.90 Å². The normalized spacial score (nSPS) is 16.0. The summed E-state index contributed by atoms with van der Waals surface area (Å²) in [6.07, 6.45) is 0.633. The molecule has 0 aromatic heterocycles. The van der Waals surface area contributed by atoms with Gasteiger partial charge in [0.25, 0.3) is 0 Å². The van der Waals surface area contributed by atoms with Gasteiger partial charge in [0.2, 0.25) is 0 Å². The van der Waals surface area contributed by atoms with Crippen LogP contribution in [0.2, 0.25) is 0 Å². The van der Waals surface area contributed by atoms with Crippen LogP contribution in [0.4, 0.5) is 17.6 Å². The van der Waals surface area contributed by atoms with Gasteiger partial charge in [0.05, 0.1) is 18.8 Å². The summed E-state index contributed by atoms with van der Waals surface area (Å²) in [5.74, 6) is -0.137. The highest BCUT2D eigenvalue weighted by Gasteiger charge is 2.35. The number of ether oxygens (including phenoxy) is 1. The number of fused-ring (bicyclic) bond motifs is 1. The van der Waals surface area contributed by atoms with Crippen LogP contribution in [0.3, 0.4) is 0 Å². The van der Waals surface area contributed by atoms with E-state index in [1.54, 1.807) is 13.0 Å². The van der Waals surface area contributed by atoms with Crippen LogP contribution in [0.5, 0.6) is 5.75 Å². The molecule has 1 saturated heterocycles. The molecule has 3 aromatic rings. The Morgan fingerprint density at radius 1 is 0.923 bits per heavy atom. The van der Waals surface area contributed by atoms with Gasteiger partial charge in [0, 0.05) is 19.6 Å². The van der Waals surface area contributed by atoms with Gasteiger partial charge in [-0.15, -0.1) is 0 Å². The second kappa shape index (κ2) is 11.8. The van der Waals surface area contributed by atoms with Gasteiger partial charge in [0.15, 0.2) is 0 Å². The number of aryl methyl sites for hydroxylation is 1. The fraction of sp³-hybridized carbons (Fsp3) is 0.333. The molecule has 1 heterocycles. The van der Waals surface area contributed by atoms with Crippen molar-refractivity contribution in [3.63, 3.8) is 0 Å². The molecule has 0 saturated carbocycles. The lowest BCUT2D eigenvalue weighted by atomic mass is 9.87. The largest absolute Gasteiger partial charge is 0.493 e. The standard InChI is InChI=1S/C33H33F4NO/c1-2-39-31-16-15-27(20-30(31)33(35,36)37)29-10-5-8-25-7-3-4-9-28(25)32(29)26-13-11-23(12-14-26)19-24-21-38(22-24)18-6-17-34/h3-4,7,9,11-16,19-20H,2,5-6,8,10,17-18,21-22H2,1H3. The van der Waals surface area contributed by atoms with Crippen molar-refractivity contribution < 1.29 is 22.3 Å². The number of hydrogen-bond donors (Lipinski definition) is 0. The second-order valence-electron chi connectivity index (χ2n) is 10.2. The Kier molecular flexibility index (Phi) is 8.22. The van der Waals surface area contributed by atoms with Crippen LogP contribution in [0.25, 0.3) is 17.2 Å². The Labute approximate surface area is 227 Å². The lowest BCUT2D eigenvalue weighted by Crippen LogP contribution is -2.40. The Hall–Kier alpha value is -3.38. The van der Waals surface area contributed by atoms with Gasteiger partial charge >= 0.3 is 6.18 Å². The Balaban J connectivity index is 1.55. The van der Waals surface area contributed by atoms with Crippen molar-refractivity contribution in [1.29, 1.82) is 0 Å². The molecule has 0 bridgehead atoms. The summed E-state index contributed by atoms with van der Waals surface area (Å²) in [7, 11) is 0. The molecule has 0 atom stereocenters. The van der Waals surface area contributed by atoms with Crippen LogP contribution >= 0.6 is 0 Å². The molecule has 3 aromatic carbocycles. The third-order valence-electron chi connectivity index (χ3n) is 7.43. The Morgan fingerprint density at radius 2 is 1.67 bits per heavy atom. The molecular weight excluding hydrogens is 502 g/mol. The summed E-state index contributed by atoms with van der Waals surface area (Å²) in [6, 6.07) is 20.9. The third kappa shape index (κ3) is 6.11. The molecular formula is C33H33F4NO. The van der Waals surface area contributed by atoms with Crippen molar-refractivity contribution in [2.75, 3.05) is 32.9 Å². The number of benzene rings is 3. The first-order valence-electron chi connectivity index (χ1n) is 13.6.